The van der Waals surface area contributed by atoms with Gasteiger partial charge in [-0.15, -0.1) is 0 Å². The van der Waals surface area contributed by atoms with Crippen molar-refractivity contribution in [1.82, 2.24) is 0 Å². The number of rotatable bonds is 4. The molecule has 0 aliphatic carbocycles. The molecule has 0 saturated carbocycles. The molecular weight excluding hydrogens is 332 g/mol. The lowest BCUT2D eigenvalue weighted by molar-refractivity contribution is 0.181. The van der Waals surface area contributed by atoms with Gasteiger partial charge >= 0.3 is 6.09 Å². The maximum absolute atomic E-state index is 12.6. The average Bonchev–Trinajstić information content (AvgIpc) is 2.96. The number of anilines is 2. The van der Waals surface area contributed by atoms with Gasteiger partial charge in [0.15, 0.2) is 0 Å². The van der Waals surface area contributed by atoms with Gasteiger partial charge in [-0.25, -0.2) is 13.2 Å². The smallest absolute Gasteiger partial charge is 0.414 e. The number of phenolic OH excluding ortho intramolecular Hbond substituents is 1. The van der Waals surface area contributed by atoms with E-state index >= 15 is 0 Å². The fourth-order valence-electron chi connectivity index (χ4n) is 2.44. The van der Waals surface area contributed by atoms with E-state index in [1.54, 1.807) is 37.3 Å². The highest BCUT2D eigenvalue weighted by Crippen LogP contribution is 2.32. The fourth-order valence-corrected chi connectivity index (χ4v) is 3.70. The molecule has 8 heteroatoms. The molecule has 0 bridgehead atoms. The summed E-state index contributed by atoms with van der Waals surface area (Å²) < 4.78 is 32.6. The third-order valence-corrected chi connectivity index (χ3v) is 5.00. The molecule has 2 aromatic rings. The maximum Gasteiger partial charge on any atom is 0.414 e. The predicted octanol–water partition coefficient (Wildman–Crippen LogP) is 2.46. The Morgan fingerprint density at radius 2 is 1.96 bits per heavy atom. The molecule has 7 nitrogen and oxygen atoms in total. The number of para-hydroxylation sites is 2. The summed E-state index contributed by atoms with van der Waals surface area (Å²) in [7, 11) is -4.01. The Labute approximate surface area is 139 Å². The molecule has 2 N–H and O–H groups in total. The Morgan fingerprint density at radius 3 is 2.67 bits per heavy atom. The molecule has 1 aliphatic rings. The number of aryl methyl sites for hydroxylation is 1. The summed E-state index contributed by atoms with van der Waals surface area (Å²) in [5.74, 6) is -0.342. The Balaban J connectivity index is 1.99. The summed E-state index contributed by atoms with van der Waals surface area (Å²) in [6.07, 6.45) is -0.528. The molecule has 1 fully saturated rings. The standard InChI is InChI=1S/C16H16N2O5S/c1-11-6-7-14(19)15(10-11)24(21,22)17-12-4-2-3-5-13(12)18-8-9-23-16(18)20/h2-7,10,17,19H,8-9H2,1H3. The molecule has 1 heterocycles. The first-order valence-electron chi connectivity index (χ1n) is 7.24. The molecule has 1 aliphatic heterocycles. The zero-order valence-corrected chi connectivity index (χ0v) is 13.7. The molecule has 0 radical (unpaired) electrons. The summed E-state index contributed by atoms with van der Waals surface area (Å²) in [5, 5.41) is 9.87. The van der Waals surface area contributed by atoms with Crippen LogP contribution in [0.3, 0.4) is 0 Å². The number of carbonyl (C=O) groups is 1. The van der Waals surface area contributed by atoms with Crippen LogP contribution in [0.1, 0.15) is 5.56 Å². The van der Waals surface area contributed by atoms with Crippen LogP contribution in [0.25, 0.3) is 0 Å². The maximum atomic E-state index is 12.6. The molecule has 3 rings (SSSR count). The molecule has 0 aromatic heterocycles. The number of amides is 1. The van der Waals surface area contributed by atoms with Crippen LogP contribution in [-0.4, -0.2) is 32.8 Å². The molecular formula is C16H16N2O5S. The zero-order chi connectivity index (χ0) is 17.3. The molecule has 0 atom stereocenters. The van der Waals surface area contributed by atoms with Gasteiger partial charge in [0.05, 0.1) is 17.9 Å². The van der Waals surface area contributed by atoms with Gasteiger partial charge in [-0.3, -0.25) is 9.62 Å². The van der Waals surface area contributed by atoms with Crippen molar-refractivity contribution in [2.75, 3.05) is 22.8 Å². The van der Waals surface area contributed by atoms with Crippen molar-refractivity contribution in [2.45, 2.75) is 11.8 Å². The van der Waals surface area contributed by atoms with Crippen LogP contribution in [0, 0.1) is 6.92 Å². The van der Waals surface area contributed by atoms with Crippen LogP contribution in [-0.2, 0) is 14.8 Å². The van der Waals surface area contributed by atoms with Crippen molar-refractivity contribution in [3.63, 3.8) is 0 Å². The lowest BCUT2D eigenvalue weighted by Crippen LogP contribution is -2.25. The van der Waals surface area contributed by atoms with Gasteiger partial charge in [-0.1, -0.05) is 18.2 Å². The van der Waals surface area contributed by atoms with Crippen molar-refractivity contribution in [3.8, 4) is 5.75 Å². The first-order chi connectivity index (χ1) is 11.4. The number of nitrogens with one attached hydrogen (secondary N) is 1. The minimum Gasteiger partial charge on any atom is -0.507 e. The van der Waals surface area contributed by atoms with Crippen molar-refractivity contribution in [1.29, 1.82) is 0 Å². The van der Waals surface area contributed by atoms with Gasteiger partial charge in [0.2, 0.25) is 0 Å². The van der Waals surface area contributed by atoms with Gasteiger partial charge in [-0.2, -0.15) is 0 Å². The van der Waals surface area contributed by atoms with Gasteiger partial charge in [0.1, 0.15) is 17.3 Å². The monoisotopic (exact) mass is 348 g/mol. The van der Waals surface area contributed by atoms with Crippen LogP contribution in [0.4, 0.5) is 16.2 Å². The highest BCUT2D eigenvalue weighted by Gasteiger charge is 2.27. The van der Waals surface area contributed by atoms with Crippen molar-refractivity contribution in [3.05, 3.63) is 48.0 Å². The van der Waals surface area contributed by atoms with Crippen LogP contribution >= 0.6 is 0 Å². The number of nitrogens with zero attached hydrogens (tertiary/aromatic N) is 1. The molecule has 126 valence electrons. The second-order valence-electron chi connectivity index (χ2n) is 5.36. The van der Waals surface area contributed by atoms with E-state index in [0.29, 0.717) is 17.8 Å². The van der Waals surface area contributed by atoms with Crippen molar-refractivity contribution < 1.29 is 23.1 Å². The van der Waals surface area contributed by atoms with Crippen LogP contribution in [0.5, 0.6) is 5.75 Å². The van der Waals surface area contributed by atoms with E-state index in [4.69, 9.17) is 4.74 Å². The number of ether oxygens (including phenoxy) is 1. The number of phenols is 1. The second-order valence-corrected chi connectivity index (χ2v) is 7.01. The topological polar surface area (TPSA) is 95.9 Å². The van der Waals surface area contributed by atoms with Gasteiger partial charge in [0, 0.05) is 0 Å². The van der Waals surface area contributed by atoms with E-state index in [-0.39, 0.29) is 22.9 Å². The minimum atomic E-state index is -4.01. The fraction of sp³-hybridized carbons (Fsp3) is 0.188. The number of benzene rings is 2. The minimum absolute atomic E-state index is 0.221. The highest BCUT2D eigenvalue weighted by atomic mass is 32.2. The average molecular weight is 348 g/mol. The van der Waals surface area contributed by atoms with E-state index in [2.05, 4.69) is 4.72 Å². The summed E-state index contributed by atoms with van der Waals surface area (Å²) in [5.41, 5.74) is 1.33. The van der Waals surface area contributed by atoms with Gasteiger partial charge in [-0.05, 0) is 36.8 Å². The number of aromatic hydroxyl groups is 1. The molecule has 0 spiro atoms. The Kier molecular flexibility index (Phi) is 4.06. The van der Waals surface area contributed by atoms with Gasteiger partial charge < -0.3 is 9.84 Å². The number of cyclic esters (lactones) is 1. The number of hydrogen-bond acceptors (Lipinski definition) is 5. The zero-order valence-electron chi connectivity index (χ0n) is 12.9. The van der Waals surface area contributed by atoms with E-state index in [9.17, 15) is 18.3 Å². The Bertz CT molecular complexity index is 895. The highest BCUT2D eigenvalue weighted by molar-refractivity contribution is 7.92. The summed E-state index contributed by atoms with van der Waals surface area (Å²) in [6.45, 7) is 2.32. The predicted molar refractivity (Wildman–Crippen MR) is 88.8 cm³/mol. The molecule has 2 aromatic carbocycles. The number of sulfonamides is 1. The van der Waals surface area contributed by atoms with Crippen LogP contribution in [0.15, 0.2) is 47.4 Å². The Morgan fingerprint density at radius 1 is 1.21 bits per heavy atom. The first kappa shape index (κ1) is 16.1. The molecule has 0 unspecified atom stereocenters. The number of carbonyl (C=O) groups excluding carboxylic acids is 1. The third-order valence-electron chi connectivity index (χ3n) is 3.60. The van der Waals surface area contributed by atoms with Crippen LogP contribution < -0.4 is 9.62 Å². The van der Waals surface area contributed by atoms with Crippen molar-refractivity contribution in [2.24, 2.45) is 0 Å². The van der Waals surface area contributed by atoms with Crippen LogP contribution in [0.2, 0.25) is 0 Å². The van der Waals surface area contributed by atoms with Gasteiger partial charge in [0.25, 0.3) is 10.0 Å². The molecule has 1 amide bonds. The third kappa shape index (κ3) is 3.00. The normalized spacial score (nSPS) is 14.5. The molecule has 1 saturated heterocycles. The van der Waals surface area contributed by atoms with E-state index < -0.39 is 16.1 Å². The summed E-state index contributed by atoms with van der Waals surface area (Å²) >= 11 is 0. The largest absolute Gasteiger partial charge is 0.507 e. The quantitative estimate of drug-likeness (QED) is 0.885. The van der Waals surface area contributed by atoms with E-state index in [1.807, 2.05) is 0 Å². The summed E-state index contributed by atoms with van der Waals surface area (Å²) in [6, 6.07) is 10.8. The molecule has 24 heavy (non-hydrogen) atoms. The van der Waals surface area contributed by atoms with E-state index in [1.165, 1.54) is 17.0 Å². The SMILES string of the molecule is Cc1ccc(O)c(S(=O)(=O)Nc2ccccc2N2CCOC2=O)c1. The Hall–Kier alpha value is -2.74. The first-order valence-corrected chi connectivity index (χ1v) is 8.72. The summed E-state index contributed by atoms with van der Waals surface area (Å²) in [4.78, 5) is 12.9. The number of hydrogen-bond donors (Lipinski definition) is 2. The van der Waals surface area contributed by atoms with E-state index in [0.717, 1.165) is 0 Å². The van der Waals surface area contributed by atoms with Crippen molar-refractivity contribution >= 4 is 27.5 Å². The lowest BCUT2D eigenvalue weighted by atomic mass is 10.2. The second kappa shape index (κ2) is 6.04. The lowest BCUT2D eigenvalue weighted by Gasteiger charge is -2.18.